The summed E-state index contributed by atoms with van der Waals surface area (Å²) in [6.07, 6.45) is 0. The molecule has 1 aliphatic carbocycles. The van der Waals surface area contributed by atoms with Crippen LogP contribution in [0.1, 0.15) is 23.6 Å². The molecule has 1 nitrogen and oxygen atoms in total. The van der Waals surface area contributed by atoms with Crippen LogP contribution in [0.25, 0.3) is 71.6 Å². The van der Waals surface area contributed by atoms with Crippen molar-refractivity contribution in [3.63, 3.8) is 0 Å². The molecule has 0 fully saturated rings. The molecule has 0 radical (unpaired) electrons. The van der Waals surface area contributed by atoms with Gasteiger partial charge >= 0.3 is 0 Å². The Kier molecular flexibility index (Phi) is 4.70. The monoisotopic (exact) mass is 579 g/mol. The van der Waals surface area contributed by atoms with Crippen LogP contribution in [0, 0.1) is 0 Å². The lowest BCUT2D eigenvalue weighted by Gasteiger charge is -2.29. The van der Waals surface area contributed by atoms with Gasteiger partial charge in [-0.3, -0.25) is 0 Å². The number of halogens is 1. The number of para-hydroxylation sites is 2. The average Bonchev–Trinajstić information content (AvgIpc) is 3.50. The zero-order valence-corrected chi connectivity index (χ0v) is 24.9. The highest BCUT2D eigenvalue weighted by molar-refractivity contribution is 6.31. The largest absolute Gasteiger partial charge is 0.308 e. The van der Waals surface area contributed by atoms with E-state index in [1.165, 1.54) is 88.3 Å². The van der Waals surface area contributed by atoms with Crippen molar-refractivity contribution in [3.05, 3.63) is 161 Å². The second-order valence-electron chi connectivity index (χ2n) is 12.4. The average molecular weight is 580 g/mol. The fourth-order valence-electron chi connectivity index (χ4n) is 8.27. The molecule has 206 valence electrons. The van der Waals surface area contributed by atoms with Gasteiger partial charge in [-0.25, -0.2) is 0 Å². The van der Waals surface area contributed by atoms with E-state index in [-0.39, 0.29) is 5.41 Å². The van der Waals surface area contributed by atoms with Crippen molar-refractivity contribution in [1.82, 2.24) is 4.57 Å². The van der Waals surface area contributed by atoms with Gasteiger partial charge in [-0.05, 0) is 93.0 Å². The molecule has 8 aromatic rings. The summed E-state index contributed by atoms with van der Waals surface area (Å²) in [5.41, 5.74) is 15.1. The third kappa shape index (κ3) is 2.95. The van der Waals surface area contributed by atoms with Crippen molar-refractivity contribution in [2.45, 2.75) is 12.3 Å². The van der Waals surface area contributed by atoms with Crippen molar-refractivity contribution in [1.29, 1.82) is 0 Å². The van der Waals surface area contributed by atoms with Crippen LogP contribution >= 0.6 is 11.6 Å². The van der Waals surface area contributed by atoms with Gasteiger partial charge in [0.1, 0.15) is 0 Å². The standard InChI is InChI=1S/C42H26ClN/c1-42(27-11-3-2-4-12-27)35-21-20-32-30-13-5-7-16-37(30)44-38-17-8-6-14-31(38)34-22-26(23-36(42)39(34)40(35)41(32)44)29-15-9-10-25-18-19-28(43)24-33(25)29/h2-24H,1H3. The van der Waals surface area contributed by atoms with Crippen molar-refractivity contribution < 1.29 is 0 Å². The smallest absolute Gasteiger partial charge is 0.0623 e. The van der Waals surface area contributed by atoms with Gasteiger partial charge in [0.2, 0.25) is 0 Å². The molecule has 1 aromatic heterocycles. The summed E-state index contributed by atoms with van der Waals surface area (Å²) in [6.45, 7) is 2.42. The summed E-state index contributed by atoms with van der Waals surface area (Å²) in [6, 6.07) is 51.3. The van der Waals surface area contributed by atoms with Crippen LogP contribution in [0.4, 0.5) is 0 Å². The Labute approximate surface area is 260 Å². The number of rotatable bonds is 2. The molecule has 0 amide bonds. The zero-order chi connectivity index (χ0) is 29.2. The Bertz CT molecular complexity index is 2520. The molecule has 0 spiro atoms. The van der Waals surface area contributed by atoms with Crippen LogP contribution in [-0.4, -0.2) is 4.57 Å². The SMILES string of the molecule is CC1(c2ccccc2)c2cc(-c3cccc4ccc(Cl)cc34)cc3c2-c2c1ccc1c4ccccc4n(c21)-c1ccccc1-3. The van der Waals surface area contributed by atoms with Gasteiger partial charge in [0.15, 0.2) is 0 Å². The molecular formula is C42H26ClN. The molecule has 1 unspecified atom stereocenters. The van der Waals surface area contributed by atoms with E-state index in [9.17, 15) is 0 Å². The molecule has 10 rings (SSSR count). The zero-order valence-electron chi connectivity index (χ0n) is 24.1. The number of benzene rings is 7. The minimum Gasteiger partial charge on any atom is -0.308 e. The lowest BCUT2D eigenvalue weighted by Crippen LogP contribution is -2.22. The first-order chi connectivity index (χ1) is 21.6. The number of hydrogen-bond acceptors (Lipinski definition) is 0. The quantitative estimate of drug-likeness (QED) is 0.192. The summed E-state index contributed by atoms with van der Waals surface area (Å²) in [7, 11) is 0. The van der Waals surface area contributed by atoms with Gasteiger partial charge in [-0.1, -0.05) is 115 Å². The van der Waals surface area contributed by atoms with Crippen molar-refractivity contribution in [3.8, 4) is 39.1 Å². The number of hydrogen-bond donors (Lipinski definition) is 0. The molecule has 44 heavy (non-hydrogen) atoms. The van der Waals surface area contributed by atoms with E-state index in [0.717, 1.165) is 5.02 Å². The predicted octanol–water partition coefficient (Wildman–Crippen LogP) is 11.6. The van der Waals surface area contributed by atoms with E-state index >= 15 is 0 Å². The lowest BCUT2D eigenvalue weighted by atomic mass is 9.73. The molecule has 1 atom stereocenters. The van der Waals surface area contributed by atoms with Crippen LogP contribution in [0.2, 0.25) is 5.02 Å². The molecule has 2 aliphatic rings. The van der Waals surface area contributed by atoms with E-state index in [4.69, 9.17) is 11.6 Å². The van der Waals surface area contributed by atoms with Gasteiger partial charge < -0.3 is 4.57 Å². The summed E-state index contributed by atoms with van der Waals surface area (Å²) in [5, 5.41) is 5.72. The van der Waals surface area contributed by atoms with Gasteiger partial charge in [0, 0.05) is 32.3 Å². The van der Waals surface area contributed by atoms with Crippen LogP contribution in [0.5, 0.6) is 0 Å². The molecule has 0 saturated heterocycles. The highest BCUT2D eigenvalue weighted by Gasteiger charge is 2.45. The summed E-state index contributed by atoms with van der Waals surface area (Å²) in [4.78, 5) is 0. The van der Waals surface area contributed by atoms with Crippen LogP contribution in [0.3, 0.4) is 0 Å². The fraction of sp³-hybridized carbons (Fsp3) is 0.0476. The number of fused-ring (bicyclic) bond motifs is 7. The predicted molar refractivity (Wildman–Crippen MR) is 185 cm³/mol. The fourth-order valence-corrected chi connectivity index (χ4v) is 8.44. The van der Waals surface area contributed by atoms with Crippen LogP contribution in [0.15, 0.2) is 140 Å². The minimum absolute atomic E-state index is 0.333. The van der Waals surface area contributed by atoms with E-state index in [1.54, 1.807) is 0 Å². The van der Waals surface area contributed by atoms with E-state index < -0.39 is 0 Å². The molecule has 0 N–H and O–H groups in total. The maximum atomic E-state index is 6.59. The molecule has 2 heterocycles. The molecule has 7 aromatic carbocycles. The topological polar surface area (TPSA) is 4.93 Å². The van der Waals surface area contributed by atoms with Crippen molar-refractivity contribution >= 4 is 44.2 Å². The number of nitrogens with zero attached hydrogens (tertiary/aromatic N) is 1. The minimum atomic E-state index is -0.333. The van der Waals surface area contributed by atoms with Crippen molar-refractivity contribution in [2.75, 3.05) is 0 Å². The summed E-state index contributed by atoms with van der Waals surface area (Å²) < 4.78 is 2.52. The maximum Gasteiger partial charge on any atom is 0.0623 e. The Morgan fingerprint density at radius 3 is 2.25 bits per heavy atom. The van der Waals surface area contributed by atoms with Crippen molar-refractivity contribution in [2.24, 2.45) is 0 Å². The first-order valence-electron chi connectivity index (χ1n) is 15.2. The summed E-state index contributed by atoms with van der Waals surface area (Å²) >= 11 is 6.59. The maximum absolute atomic E-state index is 6.59. The van der Waals surface area contributed by atoms with E-state index in [2.05, 4.69) is 145 Å². The highest BCUT2D eigenvalue weighted by atomic mass is 35.5. The second kappa shape index (κ2) is 8.50. The number of aromatic nitrogens is 1. The first kappa shape index (κ1) is 24.3. The molecule has 0 saturated carbocycles. The molecule has 0 bridgehead atoms. The van der Waals surface area contributed by atoms with E-state index in [0.29, 0.717) is 0 Å². The third-order valence-electron chi connectivity index (χ3n) is 10.2. The summed E-state index contributed by atoms with van der Waals surface area (Å²) in [5.74, 6) is 0. The Morgan fingerprint density at radius 1 is 0.545 bits per heavy atom. The molecule has 2 heteroatoms. The van der Waals surface area contributed by atoms with Gasteiger partial charge in [0.05, 0.1) is 16.7 Å². The van der Waals surface area contributed by atoms with Gasteiger partial charge in [-0.2, -0.15) is 0 Å². The molecular weight excluding hydrogens is 554 g/mol. The normalized spacial score (nSPS) is 16.0. The van der Waals surface area contributed by atoms with Crippen LogP contribution < -0.4 is 0 Å². The second-order valence-corrected chi connectivity index (χ2v) is 12.8. The van der Waals surface area contributed by atoms with E-state index in [1.807, 2.05) is 6.07 Å². The lowest BCUT2D eigenvalue weighted by molar-refractivity contribution is 0.714. The molecule has 1 aliphatic heterocycles. The first-order valence-corrected chi connectivity index (χ1v) is 15.6. The van der Waals surface area contributed by atoms with Gasteiger partial charge in [0.25, 0.3) is 0 Å². The van der Waals surface area contributed by atoms with Crippen LogP contribution in [-0.2, 0) is 5.41 Å². The Hall–Kier alpha value is -5.11. The third-order valence-corrected chi connectivity index (χ3v) is 10.5. The Morgan fingerprint density at radius 2 is 1.34 bits per heavy atom. The Balaban J connectivity index is 1.44. The van der Waals surface area contributed by atoms with Gasteiger partial charge in [-0.15, -0.1) is 0 Å². The highest BCUT2D eigenvalue weighted by Crippen LogP contribution is 2.60.